The lowest BCUT2D eigenvalue weighted by atomic mass is 10.6. The van der Waals surface area contributed by atoms with Crippen LogP contribution in [0.15, 0.2) is 18.7 Å². The molecule has 50 valence electrons. The van der Waals surface area contributed by atoms with Crippen LogP contribution in [-0.4, -0.2) is 14.8 Å². The van der Waals surface area contributed by atoms with Crippen LogP contribution in [0.25, 0.3) is 12.3 Å². The highest BCUT2D eigenvalue weighted by atomic mass is 15.3. The molecule has 4 heteroatoms. The third kappa shape index (κ3) is 0.699. The van der Waals surface area contributed by atoms with Gasteiger partial charge in [-0.15, -0.1) is 0 Å². The Morgan fingerprint density at radius 2 is 2.40 bits per heavy atom. The molecule has 1 aliphatic heterocycles. The van der Waals surface area contributed by atoms with Gasteiger partial charge < -0.3 is 5.32 Å². The van der Waals surface area contributed by atoms with Crippen molar-refractivity contribution >= 4 is 12.3 Å². The third-order valence-corrected chi connectivity index (χ3v) is 1.24. The molecule has 10 heavy (non-hydrogen) atoms. The van der Waals surface area contributed by atoms with E-state index in [0.29, 0.717) is 0 Å². The molecule has 0 atom stereocenters. The van der Waals surface area contributed by atoms with Crippen LogP contribution in [0.5, 0.6) is 0 Å². The maximum atomic E-state index is 3.99. The lowest BCUT2D eigenvalue weighted by Crippen LogP contribution is -1.91. The third-order valence-electron chi connectivity index (χ3n) is 1.24. The van der Waals surface area contributed by atoms with Crippen LogP contribution in [0.1, 0.15) is 5.82 Å². The van der Waals surface area contributed by atoms with E-state index < -0.39 is 0 Å². The molecule has 0 aromatic carbocycles. The van der Waals surface area contributed by atoms with Crippen LogP contribution < -0.4 is 5.32 Å². The standard InChI is InChI=1S/C6H6N4/c1-2-7-3-4-10-6(1)8-5-9-10/h1-5,7H. The normalized spacial score (nSPS) is 14.0. The van der Waals surface area contributed by atoms with Gasteiger partial charge in [-0.2, -0.15) is 5.10 Å². The zero-order valence-corrected chi connectivity index (χ0v) is 5.23. The molecule has 2 heterocycles. The largest absolute Gasteiger partial charge is 0.366 e. The molecule has 0 bridgehead atoms. The average molecular weight is 134 g/mol. The molecule has 1 aromatic heterocycles. The van der Waals surface area contributed by atoms with Crippen molar-refractivity contribution in [1.82, 2.24) is 20.1 Å². The van der Waals surface area contributed by atoms with Crippen molar-refractivity contribution in [2.45, 2.75) is 0 Å². The smallest absolute Gasteiger partial charge is 0.156 e. The Morgan fingerprint density at radius 1 is 1.40 bits per heavy atom. The fraction of sp³-hybridized carbons (Fsp3) is 0. The summed E-state index contributed by atoms with van der Waals surface area (Å²) in [4.78, 5) is 3.99. The molecule has 2 rings (SSSR count). The highest BCUT2D eigenvalue weighted by Gasteiger charge is 1.96. The molecular weight excluding hydrogens is 128 g/mol. The van der Waals surface area contributed by atoms with Gasteiger partial charge in [-0.05, 0) is 6.08 Å². The molecule has 0 radical (unpaired) electrons. The Morgan fingerprint density at radius 3 is 3.40 bits per heavy atom. The summed E-state index contributed by atoms with van der Waals surface area (Å²) in [5, 5.41) is 6.86. The van der Waals surface area contributed by atoms with E-state index in [4.69, 9.17) is 0 Å². The summed E-state index contributed by atoms with van der Waals surface area (Å²) in [7, 11) is 0. The van der Waals surface area contributed by atoms with Crippen LogP contribution in [0, 0.1) is 0 Å². The number of nitrogens with zero attached hydrogens (tertiary/aromatic N) is 3. The van der Waals surface area contributed by atoms with Crippen LogP contribution in [0.3, 0.4) is 0 Å². The lowest BCUT2D eigenvalue weighted by Gasteiger charge is -1.88. The van der Waals surface area contributed by atoms with Gasteiger partial charge >= 0.3 is 0 Å². The van der Waals surface area contributed by atoms with Gasteiger partial charge in [-0.3, -0.25) is 0 Å². The van der Waals surface area contributed by atoms with E-state index in [1.165, 1.54) is 6.33 Å². The molecule has 0 spiro atoms. The number of rotatable bonds is 0. The summed E-state index contributed by atoms with van der Waals surface area (Å²) in [6, 6.07) is 0. The van der Waals surface area contributed by atoms with Gasteiger partial charge in [0.1, 0.15) is 6.33 Å². The van der Waals surface area contributed by atoms with Gasteiger partial charge in [0.05, 0.1) is 0 Å². The molecule has 0 saturated heterocycles. The molecule has 1 aromatic rings. The first kappa shape index (κ1) is 5.22. The molecule has 0 aliphatic carbocycles. The van der Waals surface area contributed by atoms with E-state index in [-0.39, 0.29) is 0 Å². The molecule has 0 unspecified atom stereocenters. The Bertz CT molecular complexity index is 257. The predicted octanol–water partition coefficient (Wildman–Crippen LogP) is 0.280. The van der Waals surface area contributed by atoms with Crippen LogP contribution in [0.4, 0.5) is 0 Å². The minimum Gasteiger partial charge on any atom is -0.366 e. The summed E-state index contributed by atoms with van der Waals surface area (Å²) in [6.07, 6.45) is 8.79. The van der Waals surface area contributed by atoms with E-state index in [2.05, 4.69) is 15.4 Å². The van der Waals surface area contributed by atoms with Crippen molar-refractivity contribution in [1.29, 1.82) is 0 Å². The van der Waals surface area contributed by atoms with Crippen LogP contribution in [0.2, 0.25) is 0 Å². The van der Waals surface area contributed by atoms with E-state index in [9.17, 15) is 0 Å². The second-order valence-electron chi connectivity index (χ2n) is 1.88. The highest BCUT2D eigenvalue weighted by molar-refractivity contribution is 5.45. The van der Waals surface area contributed by atoms with Crippen molar-refractivity contribution in [3.63, 3.8) is 0 Å². The Hall–Kier alpha value is -1.58. The molecule has 4 nitrogen and oxygen atoms in total. The molecule has 1 N–H and O–H groups in total. The van der Waals surface area contributed by atoms with Gasteiger partial charge in [0.15, 0.2) is 5.82 Å². The Labute approximate surface area is 57.9 Å². The molecule has 0 amide bonds. The van der Waals surface area contributed by atoms with E-state index in [1.54, 1.807) is 10.9 Å². The number of nitrogens with one attached hydrogen (secondary N) is 1. The highest BCUT2D eigenvalue weighted by Crippen LogP contribution is 1.98. The fourth-order valence-corrected chi connectivity index (χ4v) is 0.785. The Balaban J connectivity index is 2.56. The summed E-state index contributed by atoms with van der Waals surface area (Å²) in [5.41, 5.74) is 0. The molecule has 1 aliphatic rings. The maximum absolute atomic E-state index is 3.99. The average Bonchev–Trinajstić information content (AvgIpc) is 2.28. The Kier molecular flexibility index (Phi) is 1.04. The van der Waals surface area contributed by atoms with Crippen LogP contribution in [-0.2, 0) is 0 Å². The first-order valence-corrected chi connectivity index (χ1v) is 2.95. The first-order chi connectivity index (χ1) is 4.97. The lowest BCUT2D eigenvalue weighted by molar-refractivity contribution is 0.921. The zero-order chi connectivity index (χ0) is 6.81. The first-order valence-electron chi connectivity index (χ1n) is 2.95. The van der Waals surface area contributed by atoms with E-state index in [0.717, 1.165) is 5.82 Å². The van der Waals surface area contributed by atoms with E-state index >= 15 is 0 Å². The van der Waals surface area contributed by atoms with Crippen molar-refractivity contribution in [2.24, 2.45) is 0 Å². The minimum atomic E-state index is 0.834. The van der Waals surface area contributed by atoms with Crippen molar-refractivity contribution in [3.8, 4) is 0 Å². The number of hydrogen-bond donors (Lipinski definition) is 1. The minimum absolute atomic E-state index is 0.834. The second kappa shape index (κ2) is 1.98. The topological polar surface area (TPSA) is 42.7 Å². The second-order valence-corrected chi connectivity index (χ2v) is 1.88. The van der Waals surface area contributed by atoms with Gasteiger partial charge in [-0.1, -0.05) is 0 Å². The van der Waals surface area contributed by atoms with Gasteiger partial charge in [0.2, 0.25) is 0 Å². The van der Waals surface area contributed by atoms with Crippen molar-refractivity contribution in [3.05, 3.63) is 24.6 Å². The summed E-state index contributed by atoms with van der Waals surface area (Å²) in [6.45, 7) is 0. The summed E-state index contributed by atoms with van der Waals surface area (Å²) < 4.78 is 1.69. The molecule has 0 fully saturated rings. The number of fused-ring (bicyclic) bond motifs is 1. The summed E-state index contributed by atoms with van der Waals surface area (Å²) >= 11 is 0. The van der Waals surface area contributed by atoms with Crippen LogP contribution >= 0.6 is 0 Å². The predicted molar refractivity (Wildman–Crippen MR) is 37.5 cm³/mol. The van der Waals surface area contributed by atoms with Gasteiger partial charge in [0, 0.05) is 18.6 Å². The number of hydrogen-bond acceptors (Lipinski definition) is 3. The number of aromatic nitrogens is 3. The maximum Gasteiger partial charge on any atom is 0.156 e. The van der Waals surface area contributed by atoms with Crippen molar-refractivity contribution in [2.75, 3.05) is 0 Å². The molecular formula is C6H6N4. The fourth-order valence-electron chi connectivity index (χ4n) is 0.785. The molecule has 0 saturated carbocycles. The quantitative estimate of drug-likeness (QED) is 0.554. The van der Waals surface area contributed by atoms with Gasteiger partial charge in [0.25, 0.3) is 0 Å². The summed E-state index contributed by atoms with van der Waals surface area (Å²) in [5.74, 6) is 0.834. The van der Waals surface area contributed by atoms with Crippen molar-refractivity contribution < 1.29 is 0 Å². The monoisotopic (exact) mass is 134 g/mol. The van der Waals surface area contributed by atoms with E-state index in [1.807, 2.05) is 18.5 Å². The zero-order valence-electron chi connectivity index (χ0n) is 5.23. The van der Waals surface area contributed by atoms with Gasteiger partial charge in [-0.25, -0.2) is 9.67 Å². The SMILES string of the molecule is C1=Cc2ncnn2C=CN1.